The van der Waals surface area contributed by atoms with E-state index in [1.54, 1.807) is 6.08 Å². The fourth-order valence-corrected chi connectivity index (χ4v) is 9.61. The van der Waals surface area contributed by atoms with Crippen LogP contribution in [-0.2, 0) is 4.79 Å². The molecule has 3 N–H and O–H groups in total. The Kier molecular flexibility index (Phi) is 62.8. The van der Waals surface area contributed by atoms with E-state index < -0.39 is 12.1 Å². The highest BCUT2D eigenvalue weighted by molar-refractivity contribution is 5.76. The summed E-state index contributed by atoms with van der Waals surface area (Å²) >= 11 is 0. The molecule has 1 amide bonds. The molecule has 4 heteroatoms. The van der Waals surface area contributed by atoms with Crippen LogP contribution in [0, 0.1) is 0 Å². The standard InChI is InChI=1S/C71H125NO3/c1-3-5-7-9-11-13-15-17-19-21-23-25-27-29-31-32-33-34-35-36-37-38-39-40-41-43-45-47-49-51-53-55-57-59-61-63-65-67-71(75)72-69(68-73)70(74)66-64-62-60-58-56-54-52-50-48-46-44-42-30-28-26-24-22-20-18-16-14-12-10-8-6-4-2/h5,7,11,13,17,19,23,25,29,31,33-34,36-37,39-40,64,66,69-70,73-74H,3-4,6,8-10,12,14-16,18,20-22,24,26-28,30,32,35,38,41-63,65,67-68H2,1-2H3,(H,72,75)/b7-5-,13-11-,19-17-,25-23-,31-29-,34-33-,37-36-,40-39-,66-64+. The van der Waals surface area contributed by atoms with E-state index in [0.29, 0.717) is 6.42 Å². The van der Waals surface area contributed by atoms with Crippen molar-refractivity contribution in [2.24, 2.45) is 0 Å². The topological polar surface area (TPSA) is 69.6 Å². The SMILES string of the molecule is CC/C=C\C/C=C\C/C=C\C/C=C\C/C=C\C/C=C\C/C=C\C/C=C\CCCCCCCCCCCCCCC(=O)NC(CO)C(O)/C=C/CCCCCCCCCCCCCCCCCCCCCCCCCC. The average molecular weight is 1040 g/mol. The molecule has 0 aromatic heterocycles. The van der Waals surface area contributed by atoms with Gasteiger partial charge in [0.2, 0.25) is 5.91 Å². The fourth-order valence-electron chi connectivity index (χ4n) is 9.61. The lowest BCUT2D eigenvalue weighted by molar-refractivity contribution is -0.123. The van der Waals surface area contributed by atoms with E-state index in [4.69, 9.17) is 0 Å². The molecule has 0 rings (SSSR count). The van der Waals surface area contributed by atoms with Crippen molar-refractivity contribution in [3.8, 4) is 0 Å². The Balaban J connectivity index is 3.54. The van der Waals surface area contributed by atoms with Crippen LogP contribution in [0.3, 0.4) is 0 Å². The molecule has 0 aromatic carbocycles. The molecule has 0 bridgehead atoms. The Hall–Kier alpha value is -2.95. The Morgan fingerprint density at radius 3 is 0.880 bits per heavy atom. The normalized spacial score (nSPS) is 13.5. The molecule has 75 heavy (non-hydrogen) atoms. The number of unbranched alkanes of at least 4 members (excludes halogenated alkanes) is 36. The number of hydrogen-bond acceptors (Lipinski definition) is 3. The van der Waals surface area contributed by atoms with Gasteiger partial charge < -0.3 is 15.5 Å². The van der Waals surface area contributed by atoms with E-state index in [9.17, 15) is 15.0 Å². The number of nitrogens with one attached hydrogen (secondary N) is 1. The van der Waals surface area contributed by atoms with Crippen LogP contribution in [0.4, 0.5) is 0 Å². The third kappa shape index (κ3) is 61.8. The average Bonchev–Trinajstić information content (AvgIpc) is 3.41. The molecular formula is C71H125NO3. The van der Waals surface area contributed by atoms with Crippen molar-refractivity contribution in [3.63, 3.8) is 0 Å². The van der Waals surface area contributed by atoms with Crippen LogP contribution in [0.1, 0.15) is 316 Å². The maximum Gasteiger partial charge on any atom is 0.220 e. The van der Waals surface area contributed by atoms with E-state index in [1.807, 2.05) is 6.08 Å². The second-order valence-electron chi connectivity index (χ2n) is 21.8. The summed E-state index contributed by atoms with van der Waals surface area (Å²) < 4.78 is 0. The lowest BCUT2D eigenvalue weighted by Gasteiger charge is -2.20. The molecule has 0 aliphatic rings. The first kappa shape index (κ1) is 72.0. The van der Waals surface area contributed by atoms with Crippen LogP contribution in [0.5, 0.6) is 0 Å². The monoisotopic (exact) mass is 1040 g/mol. The first-order valence-electron chi connectivity index (χ1n) is 32.6. The molecule has 0 saturated heterocycles. The van der Waals surface area contributed by atoms with E-state index in [2.05, 4.69) is 116 Å². The van der Waals surface area contributed by atoms with Gasteiger partial charge in [-0.15, -0.1) is 0 Å². The number of amides is 1. The van der Waals surface area contributed by atoms with Gasteiger partial charge in [-0.2, -0.15) is 0 Å². The smallest absolute Gasteiger partial charge is 0.220 e. The highest BCUT2D eigenvalue weighted by Gasteiger charge is 2.18. The summed E-state index contributed by atoms with van der Waals surface area (Å²) in [6.07, 6.45) is 98.5. The lowest BCUT2D eigenvalue weighted by atomic mass is 10.0. The predicted octanol–water partition coefficient (Wildman–Crippen LogP) is 22.2. The van der Waals surface area contributed by atoms with Gasteiger partial charge in [-0.05, 0) is 83.5 Å². The molecule has 0 radical (unpaired) electrons. The van der Waals surface area contributed by atoms with Crippen molar-refractivity contribution in [2.75, 3.05) is 6.61 Å². The van der Waals surface area contributed by atoms with Gasteiger partial charge in [-0.1, -0.05) is 335 Å². The van der Waals surface area contributed by atoms with Crippen molar-refractivity contribution in [3.05, 3.63) is 109 Å². The number of rotatable bonds is 59. The van der Waals surface area contributed by atoms with Gasteiger partial charge in [0, 0.05) is 6.42 Å². The zero-order chi connectivity index (χ0) is 54.1. The van der Waals surface area contributed by atoms with Gasteiger partial charge in [0.1, 0.15) is 0 Å². The van der Waals surface area contributed by atoms with Crippen LogP contribution in [0.15, 0.2) is 109 Å². The Bertz CT molecular complexity index is 1410. The van der Waals surface area contributed by atoms with Gasteiger partial charge >= 0.3 is 0 Å². The minimum atomic E-state index is -0.848. The summed E-state index contributed by atoms with van der Waals surface area (Å²) in [6, 6.07) is -0.631. The first-order valence-corrected chi connectivity index (χ1v) is 32.6. The molecule has 2 atom stereocenters. The first-order chi connectivity index (χ1) is 37.2. The van der Waals surface area contributed by atoms with Crippen molar-refractivity contribution < 1.29 is 15.0 Å². The number of allylic oxidation sites excluding steroid dienone is 17. The van der Waals surface area contributed by atoms with Gasteiger partial charge in [0.25, 0.3) is 0 Å². The lowest BCUT2D eigenvalue weighted by Crippen LogP contribution is -2.45. The molecule has 0 heterocycles. The molecule has 2 unspecified atom stereocenters. The third-order valence-electron chi connectivity index (χ3n) is 14.5. The molecule has 432 valence electrons. The Labute approximate surface area is 467 Å². The van der Waals surface area contributed by atoms with Gasteiger partial charge in [0.05, 0.1) is 18.8 Å². The summed E-state index contributed by atoms with van der Waals surface area (Å²) in [5, 5.41) is 23.3. The number of carbonyl (C=O) groups excluding carboxylic acids is 1. The summed E-state index contributed by atoms with van der Waals surface area (Å²) in [4.78, 5) is 12.5. The molecule has 0 aromatic rings. The quantitative estimate of drug-likeness (QED) is 0.0420. The fraction of sp³-hybridized carbons (Fsp3) is 0.732. The van der Waals surface area contributed by atoms with E-state index in [0.717, 1.165) is 77.0 Å². The second kappa shape index (κ2) is 65.3. The molecule has 0 aliphatic carbocycles. The molecular weight excluding hydrogens is 915 g/mol. The molecule has 0 spiro atoms. The zero-order valence-electron chi connectivity index (χ0n) is 49.8. The number of carbonyl (C=O) groups is 1. The van der Waals surface area contributed by atoms with Gasteiger partial charge in [-0.25, -0.2) is 0 Å². The highest BCUT2D eigenvalue weighted by Crippen LogP contribution is 2.17. The number of aliphatic hydroxyl groups is 2. The summed E-state index contributed by atoms with van der Waals surface area (Å²) in [5.74, 6) is -0.0666. The maximum absolute atomic E-state index is 12.5. The van der Waals surface area contributed by atoms with E-state index in [1.165, 1.54) is 218 Å². The van der Waals surface area contributed by atoms with Crippen molar-refractivity contribution >= 4 is 5.91 Å². The minimum absolute atomic E-state index is 0.0666. The van der Waals surface area contributed by atoms with Crippen LogP contribution < -0.4 is 5.32 Å². The van der Waals surface area contributed by atoms with E-state index >= 15 is 0 Å². The molecule has 0 saturated carbocycles. The number of hydrogen-bond donors (Lipinski definition) is 3. The largest absolute Gasteiger partial charge is 0.394 e. The van der Waals surface area contributed by atoms with Crippen LogP contribution in [0.2, 0.25) is 0 Å². The summed E-state index contributed by atoms with van der Waals surface area (Å²) in [7, 11) is 0. The minimum Gasteiger partial charge on any atom is -0.394 e. The van der Waals surface area contributed by atoms with E-state index in [-0.39, 0.29) is 12.5 Å². The van der Waals surface area contributed by atoms with Crippen molar-refractivity contribution in [1.82, 2.24) is 5.32 Å². The third-order valence-corrected chi connectivity index (χ3v) is 14.5. The Morgan fingerprint density at radius 1 is 0.333 bits per heavy atom. The predicted molar refractivity (Wildman–Crippen MR) is 336 cm³/mol. The summed E-state index contributed by atoms with van der Waals surface area (Å²) in [6.45, 7) is 4.22. The van der Waals surface area contributed by atoms with Crippen molar-refractivity contribution in [2.45, 2.75) is 328 Å². The van der Waals surface area contributed by atoms with Crippen LogP contribution >= 0.6 is 0 Å². The van der Waals surface area contributed by atoms with Gasteiger partial charge in [0.15, 0.2) is 0 Å². The Morgan fingerprint density at radius 2 is 0.587 bits per heavy atom. The highest BCUT2D eigenvalue weighted by atomic mass is 16.3. The molecule has 4 nitrogen and oxygen atoms in total. The van der Waals surface area contributed by atoms with Crippen LogP contribution in [-0.4, -0.2) is 34.9 Å². The number of aliphatic hydroxyl groups excluding tert-OH is 2. The van der Waals surface area contributed by atoms with Crippen LogP contribution in [0.25, 0.3) is 0 Å². The second-order valence-corrected chi connectivity index (χ2v) is 21.8. The molecule has 0 fully saturated rings. The van der Waals surface area contributed by atoms with Crippen molar-refractivity contribution in [1.29, 1.82) is 0 Å². The molecule has 0 aliphatic heterocycles. The zero-order valence-corrected chi connectivity index (χ0v) is 49.8. The summed E-state index contributed by atoms with van der Waals surface area (Å²) in [5.41, 5.74) is 0. The maximum atomic E-state index is 12.5. The van der Waals surface area contributed by atoms with Gasteiger partial charge in [-0.3, -0.25) is 4.79 Å².